The zero-order chi connectivity index (χ0) is 19.2. The molecule has 4 rings (SSSR count). The van der Waals surface area contributed by atoms with Gasteiger partial charge in [0.1, 0.15) is 5.82 Å². The van der Waals surface area contributed by atoms with E-state index in [9.17, 15) is 8.42 Å². The third kappa shape index (κ3) is 3.04. The lowest BCUT2D eigenvalue weighted by Crippen LogP contribution is -2.12. The molecule has 0 saturated carbocycles. The zero-order valence-electron chi connectivity index (χ0n) is 15.3. The maximum absolute atomic E-state index is 12.0. The van der Waals surface area contributed by atoms with Gasteiger partial charge in [0.15, 0.2) is 9.84 Å². The first-order valence-corrected chi connectivity index (χ1v) is 10.5. The Labute approximate surface area is 157 Å². The molecule has 2 aromatic carbocycles. The normalized spacial score (nSPS) is 13.1. The van der Waals surface area contributed by atoms with Crippen molar-refractivity contribution < 1.29 is 8.42 Å². The van der Waals surface area contributed by atoms with Crippen molar-refractivity contribution in [2.24, 2.45) is 0 Å². The summed E-state index contributed by atoms with van der Waals surface area (Å²) in [5.41, 5.74) is 2.69. The first-order chi connectivity index (χ1) is 12.9. The molecule has 27 heavy (non-hydrogen) atoms. The molecule has 2 heterocycles. The van der Waals surface area contributed by atoms with Gasteiger partial charge in [-0.3, -0.25) is 4.40 Å². The highest BCUT2D eigenvalue weighted by atomic mass is 32.2. The predicted octanol–water partition coefficient (Wildman–Crippen LogP) is 3.77. The molecule has 7 heteroatoms. The van der Waals surface area contributed by atoms with Crippen LogP contribution in [-0.2, 0) is 9.84 Å². The van der Waals surface area contributed by atoms with Gasteiger partial charge in [0.2, 0.25) is 5.78 Å². The molecule has 0 aliphatic carbocycles. The fourth-order valence-corrected chi connectivity index (χ4v) is 4.51. The van der Waals surface area contributed by atoms with Crippen molar-refractivity contribution in [1.29, 1.82) is 0 Å². The van der Waals surface area contributed by atoms with E-state index in [1.807, 2.05) is 54.8 Å². The van der Waals surface area contributed by atoms with Gasteiger partial charge in [-0.25, -0.2) is 13.4 Å². The minimum Gasteiger partial charge on any atom is -0.363 e. The number of imidazole rings is 1. The van der Waals surface area contributed by atoms with Crippen molar-refractivity contribution in [3.8, 4) is 0 Å². The van der Waals surface area contributed by atoms with Gasteiger partial charge in [0, 0.05) is 24.0 Å². The lowest BCUT2D eigenvalue weighted by Gasteiger charge is -2.20. The Balaban J connectivity index is 1.81. The third-order valence-corrected chi connectivity index (χ3v) is 6.04. The molecule has 2 aromatic heterocycles. The highest BCUT2D eigenvalue weighted by Crippen LogP contribution is 2.29. The number of para-hydroxylation sites is 1. The molecule has 6 nitrogen and oxygen atoms in total. The second-order valence-corrected chi connectivity index (χ2v) is 8.67. The first kappa shape index (κ1) is 17.5. The highest BCUT2D eigenvalue weighted by Gasteiger charge is 2.18. The molecule has 0 saturated heterocycles. The van der Waals surface area contributed by atoms with Crippen LogP contribution >= 0.6 is 0 Å². The Kier molecular flexibility index (Phi) is 4.11. The van der Waals surface area contributed by atoms with Gasteiger partial charge in [-0.1, -0.05) is 24.3 Å². The van der Waals surface area contributed by atoms with Crippen LogP contribution < -0.4 is 5.32 Å². The van der Waals surface area contributed by atoms with Gasteiger partial charge in [-0.2, -0.15) is 4.98 Å². The molecule has 0 aliphatic heterocycles. The molecule has 0 aliphatic rings. The Morgan fingerprint density at radius 1 is 1.11 bits per heavy atom. The molecule has 1 atom stereocenters. The Morgan fingerprint density at radius 2 is 1.89 bits per heavy atom. The number of anilines is 1. The topological polar surface area (TPSA) is 76.4 Å². The molecule has 1 unspecified atom stereocenters. The summed E-state index contributed by atoms with van der Waals surface area (Å²) in [5.74, 6) is 1.34. The van der Waals surface area contributed by atoms with E-state index in [2.05, 4.69) is 15.3 Å². The van der Waals surface area contributed by atoms with E-state index in [1.165, 1.54) is 6.26 Å². The molecule has 0 bridgehead atoms. The van der Waals surface area contributed by atoms with E-state index >= 15 is 0 Å². The number of hydrogen-bond acceptors (Lipinski definition) is 5. The molecule has 0 fully saturated rings. The van der Waals surface area contributed by atoms with E-state index < -0.39 is 9.84 Å². The number of hydrogen-bond donors (Lipinski definition) is 1. The lowest BCUT2D eigenvalue weighted by atomic mass is 10.0. The largest absolute Gasteiger partial charge is 0.363 e. The Bertz CT molecular complexity index is 1260. The summed E-state index contributed by atoms with van der Waals surface area (Å²) < 4.78 is 26.0. The molecule has 0 amide bonds. The average molecular weight is 380 g/mol. The molecular formula is C20H20N4O2S. The van der Waals surface area contributed by atoms with E-state index in [0.717, 1.165) is 27.8 Å². The summed E-state index contributed by atoms with van der Waals surface area (Å²) in [6.45, 7) is 3.84. The van der Waals surface area contributed by atoms with Gasteiger partial charge in [-0.05, 0) is 43.2 Å². The predicted molar refractivity (Wildman–Crippen MR) is 107 cm³/mol. The molecule has 0 radical (unpaired) electrons. The van der Waals surface area contributed by atoms with E-state index in [-0.39, 0.29) is 6.04 Å². The Morgan fingerprint density at radius 3 is 2.67 bits per heavy atom. The fraction of sp³-hybridized carbons (Fsp3) is 0.200. The van der Waals surface area contributed by atoms with Gasteiger partial charge in [0.25, 0.3) is 0 Å². The number of nitrogens with one attached hydrogen (secondary N) is 1. The average Bonchev–Trinajstić information content (AvgIpc) is 3.09. The summed E-state index contributed by atoms with van der Waals surface area (Å²) in [6.07, 6.45) is 4.85. The molecule has 138 valence electrons. The van der Waals surface area contributed by atoms with E-state index in [4.69, 9.17) is 0 Å². The van der Waals surface area contributed by atoms with Gasteiger partial charge < -0.3 is 5.32 Å². The fourth-order valence-electron chi connectivity index (χ4n) is 3.51. The quantitative estimate of drug-likeness (QED) is 0.583. The maximum Gasteiger partial charge on any atom is 0.236 e. The van der Waals surface area contributed by atoms with Crippen LogP contribution in [-0.4, -0.2) is 29.0 Å². The zero-order valence-corrected chi connectivity index (χ0v) is 16.2. The van der Waals surface area contributed by atoms with Crippen molar-refractivity contribution in [2.75, 3.05) is 11.6 Å². The molecule has 4 aromatic rings. The summed E-state index contributed by atoms with van der Waals surface area (Å²) in [7, 11) is -3.28. The van der Waals surface area contributed by atoms with Crippen LogP contribution in [0, 0.1) is 6.92 Å². The number of nitrogens with zero attached hydrogens (tertiary/aromatic N) is 3. The first-order valence-electron chi connectivity index (χ1n) is 8.64. The summed E-state index contributed by atoms with van der Waals surface area (Å²) in [5, 5.41) is 4.42. The smallest absolute Gasteiger partial charge is 0.236 e. The summed E-state index contributed by atoms with van der Waals surface area (Å²) in [4.78, 5) is 9.31. The second-order valence-electron chi connectivity index (χ2n) is 6.68. The van der Waals surface area contributed by atoms with E-state index in [1.54, 1.807) is 18.3 Å². The summed E-state index contributed by atoms with van der Waals surface area (Å²) in [6, 6.07) is 13.2. The van der Waals surface area contributed by atoms with Crippen molar-refractivity contribution in [2.45, 2.75) is 24.8 Å². The van der Waals surface area contributed by atoms with Crippen molar-refractivity contribution in [3.63, 3.8) is 0 Å². The van der Waals surface area contributed by atoms with Crippen molar-refractivity contribution >= 4 is 32.3 Å². The number of fused-ring (bicyclic) bond motifs is 3. The van der Waals surface area contributed by atoms with Crippen LogP contribution in [0.2, 0.25) is 0 Å². The van der Waals surface area contributed by atoms with Crippen LogP contribution in [0.3, 0.4) is 0 Å². The number of benzene rings is 2. The van der Waals surface area contributed by atoms with Crippen LogP contribution in [0.1, 0.15) is 24.1 Å². The lowest BCUT2D eigenvalue weighted by molar-refractivity contribution is 0.601. The molecule has 0 spiro atoms. The van der Waals surface area contributed by atoms with Crippen LogP contribution in [0.5, 0.6) is 0 Å². The van der Waals surface area contributed by atoms with Crippen LogP contribution in [0.4, 0.5) is 5.82 Å². The number of aromatic nitrogens is 3. The van der Waals surface area contributed by atoms with Crippen molar-refractivity contribution in [3.05, 3.63) is 66.0 Å². The van der Waals surface area contributed by atoms with Gasteiger partial charge >= 0.3 is 0 Å². The SMILES string of the molecule is Cc1c(C(C)Nc2nc3nccn3c3ccccc23)cccc1S(C)(=O)=O. The standard InChI is InChI=1S/C20H20N4O2S/c1-13-15(8-6-10-18(13)27(3,25)26)14(2)22-19-16-7-4-5-9-17(16)24-12-11-21-20(24)23-19/h4-12,14H,1-3H3,(H,21,22,23). The summed E-state index contributed by atoms with van der Waals surface area (Å²) >= 11 is 0. The van der Waals surface area contributed by atoms with Crippen molar-refractivity contribution in [1.82, 2.24) is 14.4 Å². The minimum absolute atomic E-state index is 0.125. The molecular weight excluding hydrogens is 360 g/mol. The van der Waals surface area contributed by atoms with Crippen LogP contribution in [0.15, 0.2) is 59.8 Å². The van der Waals surface area contributed by atoms with Gasteiger partial charge in [0.05, 0.1) is 16.5 Å². The monoisotopic (exact) mass is 380 g/mol. The number of rotatable bonds is 4. The highest BCUT2D eigenvalue weighted by molar-refractivity contribution is 7.90. The number of sulfone groups is 1. The van der Waals surface area contributed by atoms with Crippen LogP contribution in [0.25, 0.3) is 16.7 Å². The maximum atomic E-state index is 12.0. The van der Waals surface area contributed by atoms with E-state index in [0.29, 0.717) is 10.7 Å². The van der Waals surface area contributed by atoms with Gasteiger partial charge in [-0.15, -0.1) is 0 Å². The Hall–Kier alpha value is -2.93. The molecule has 1 N–H and O–H groups in total. The minimum atomic E-state index is -3.28. The third-order valence-electron chi connectivity index (χ3n) is 4.80. The second kappa shape index (κ2) is 6.35.